The molecule has 0 aliphatic heterocycles. The third kappa shape index (κ3) is 4.20. The van der Waals surface area contributed by atoms with E-state index in [1.807, 2.05) is 7.05 Å². The van der Waals surface area contributed by atoms with Crippen molar-refractivity contribution in [2.75, 3.05) is 7.05 Å². The van der Waals surface area contributed by atoms with Crippen LogP contribution in [0.15, 0.2) is 12.2 Å². The summed E-state index contributed by atoms with van der Waals surface area (Å²) in [6.07, 6.45) is 6.76. The van der Waals surface area contributed by atoms with Crippen molar-refractivity contribution in [3.05, 3.63) is 12.2 Å². The molecule has 66 valence electrons. The first-order valence-electron chi connectivity index (χ1n) is 4.54. The maximum Gasteiger partial charge on any atom is 0.0124 e. The van der Waals surface area contributed by atoms with Gasteiger partial charge in [-0.15, -0.1) is 0 Å². The van der Waals surface area contributed by atoms with E-state index in [0.717, 1.165) is 12.3 Å². The third-order valence-corrected chi connectivity index (χ3v) is 2.33. The van der Waals surface area contributed by atoms with Crippen LogP contribution >= 0.6 is 0 Å². The van der Waals surface area contributed by atoms with E-state index in [9.17, 15) is 0 Å². The minimum Gasteiger partial charge on any atom is -0.316 e. The van der Waals surface area contributed by atoms with Gasteiger partial charge < -0.3 is 5.32 Å². The quantitative estimate of drug-likeness (QED) is 0.602. The average Bonchev–Trinajstić information content (AvgIpc) is 2.05. The van der Waals surface area contributed by atoms with Crippen molar-refractivity contribution >= 4 is 0 Å². The van der Waals surface area contributed by atoms with E-state index < -0.39 is 0 Å². The van der Waals surface area contributed by atoms with Crippen molar-refractivity contribution in [3.63, 3.8) is 0 Å². The molecule has 0 radical (unpaired) electrons. The summed E-state index contributed by atoms with van der Waals surface area (Å²) >= 11 is 0. The van der Waals surface area contributed by atoms with Crippen LogP contribution in [0.5, 0.6) is 0 Å². The zero-order valence-electron chi connectivity index (χ0n) is 8.22. The maximum atomic E-state index is 3.34. The number of nitrogens with one attached hydrogen (secondary N) is 1. The Morgan fingerprint density at radius 3 is 2.45 bits per heavy atom. The SMILES string of the molecule is C/C=C/C[C@H](NC)C(C)CC. The second-order valence-electron chi connectivity index (χ2n) is 3.09. The molecule has 11 heavy (non-hydrogen) atoms. The lowest BCUT2D eigenvalue weighted by Gasteiger charge is -2.20. The van der Waals surface area contributed by atoms with Crippen molar-refractivity contribution in [2.24, 2.45) is 5.92 Å². The second kappa shape index (κ2) is 6.41. The van der Waals surface area contributed by atoms with Gasteiger partial charge in [-0.2, -0.15) is 0 Å². The highest BCUT2D eigenvalue weighted by molar-refractivity contribution is 4.84. The van der Waals surface area contributed by atoms with Gasteiger partial charge in [-0.05, 0) is 26.3 Å². The largest absolute Gasteiger partial charge is 0.316 e. The summed E-state index contributed by atoms with van der Waals surface area (Å²) in [4.78, 5) is 0. The van der Waals surface area contributed by atoms with Gasteiger partial charge in [0, 0.05) is 6.04 Å². The highest BCUT2D eigenvalue weighted by Gasteiger charge is 2.10. The Morgan fingerprint density at radius 1 is 1.45 bits per heavy atom. The number of rotatable bonds is 5. The molecule has 0 saturated heterocycles. The molecule has 1 nitrogen and oxygen atoms in total. The minimum absolute atomic E-state index is 0.649. The molecule has 0 rings (SSSR count). The highest BCUT2D eigenvalue weighted by atomic mass is 14.9. The standard InChI is InChI=1S/C10H21N/c1-5-7-8-10(11-4)9(3)6-2/h5,7,9-11H,6,8H2,1-4H3/b7-5+/t9?,10-/m0/s1. The van der Waals surface area contributed by atoms with E-state index in [1.54, 1.807) is 0 Å². The lowest BCUT2D eigenvalue weighted by atomic mass is 9.96. The zero-order chi connectivity index (χ0) is 8.69. The summed E-state index contributed by atoms with van der Waals surface area (Å²) in [5, 5.41) is 3.34. The van der Waals surface area contributed by atoms with E-state index in [2.05, 4.69) is 38.2 Å². The predicted octanol–water partition coefficient (Wildman–Crippen LogP) is 2.59. The van der Waals surface area contributed by atoms with Gasteiger partial charge in [-0.25, -0.2) is 0 Å². The van der Waals surface area contributed by atoms with Crippen LogP contribution in [0.2, 0.25) is 0 Å². The van der Waals surface area contributed by atoms with Crippen molar-refractivity contribution in [2.45, 2.75) is 39.7 Å². The molecular formula is C10H21N. The van der Waals surface area contributed by atoms with Crippen LogP contribution in [0.4, 0.5) is 0 Å². The monoisotopic (exact) mass is 155 g/mol. The normalized spacial score (nSPS) is 17.1. The Labute approximate surface area is 70.9 Å². The molecule has 2 atom stereocenters. The summed E-state index contributed by atoms with van der Waals surface area (Å²) in [5.74, 6) is 0.774. The summed E-state index contributed by atoms with van der Waals surface area (Å²) < 4.78 is 0. The summed E-state index contributed by atoms with van der Waals surface area (Å²) in [6, 6.07) is 0.649. The molecule has 0 fully saturated rings. The minimum atomic E-state index is 0.649. The molecule has 0 aliphatic carbocycles. The second-order valence-corrected chi connectivity index (χ2v) is 3.09. The smallest absolute Gasteiger partial charge is 0.0124 e. The van der Waals surface area contributed by atoms with Crippen LogP contribution in [0.25, 0.3) is 0 Å². The molecule has 1 unspecified atom stereocenters. The van der Waals surface area contributed by atoms with Gasteiger partial charge in [0.1, 0.15) is 0 Å². The fourth-order valence-electron chi connectivity index (χ4n) is 1.20. The number of allylic oxidation sites excluding steroid dienone is 1. The van der Waals surface area contributed by atoms with Crippen LogP contribution in [0.3, 0.4) is 0 Å². The molecule has 0 aromatic carbocycles. The molecule has 0 aromatic heterocycles. The molecule has 1 heteroatoms. The molecular weight excluding hydrogens is 134 g/mol. The molecule has 0 heterocycles. The Bertz CT molecular complexity index is 107. The van der Waals surface area contributed by atoms with Crippen LogP contribution in [0.1, 0.15) is 33.6 Å². The summed E-state index contributed by atoms with van der Waals surface area (Å²) in [5.41, 5.74) is 0. The summed E-state index contributed by atoms with van der Waals surface area (Å²) in [6.45, 7) is 6.61. The predicted molar refractivity (Wildman–Crippen MR) is 51.7 cm³/mol. The molecule has 0 aromatic rings. The van der Waals surface area contributed by atoms with E-state index in [4.69, 9.17) is 0 Å². The van der Waals surface area contributed by atoms with Gasteiger partial charge in [-0.1, -0.05) is 32.4 Å². The Hall–Kier alpha value is -0.300. The first kappa shape index (κ1) is 10.7. The average molecular weight is 155 g/mol. The molecule has 0 amide bonds. The summed E-state index contributed by atoms with van der Waals surface area (Å²) in [7, 11) is 2.04. The lowest BCUT2D eigenvalue weighted by Crippen LogP contribution is -2.31. The topological polar surface area (TPSA) is 12.0 Å². The Balaban J connectivity index is 3.74. The third-order valence-electron chi connectivity index (χ3n) is 2.33. The van der Waals surface area contributed by atoms with E-state index in [0.29, 0.717) is 6.04 Å². The zero-order valence-corrected chi connectivity index (χ0v) is 8.22. The van der Waals surface area contributed by atoms with Gasteiger partial charge >= 0.3 is 0 Å². The molecule has 0 bridgehead atoms. The van der Waals surface area contributed by atoms with Gasteiger partial charge in [-0.3, -0.25) is 0 Å². The van der Waals surface area contributed by atoms with Gasteiger partial charge in [0.25, 0.3) is 0 Å². The molecule has 1 N–H and O–H groups in total. The maximum absolute atomic E-state index is 3.34. The number of hydrogen-bond acceptors (Lipinski definition) is 1. The van der Waals surface area contributed by atoms with E-state index in [1.165, 1.54) is 6.42 Å². The first-order chi connectivity index (χ1) is 5.26. The van der Waals surface area contributed by atoms with Crippen LogP contribution in [-0.4, -0.2) is 13.1 Å². The van der Waals surface area contributed by atoms with Crippen LogP contribution in [0, 0.1) is 5.92 Å². The Kier molecular flexibility index (Phi) is 6.24. The lowest BCUT2D eigenvalue weighted by molar-refractivity contribution is 0.391. The van der Waals surface area contributed by atoms with Crippen molar-refractivity contribution in [1.82, 2.24) is 5.32 Å². The highest BCUT2D eigenvalue weighted by Crippen LogP contribution is 2.10. The van der Waals surface area contributed by atoms with Crippen molar-refractivity contribution < 1.29 is 0 Å². The fourth-order valence-corrected chi connectivity index (χ4v) is 1.20. The van der Waals surface area contributed by atoms with Crippen LogP contribution in [-0.2, 0) is 0 Å². The molecule has 0 spiro atoms. The molecule has 0 aliphatic rings. The van der Waals surface area contributed by atoms with Gasteiger partial charge in [0.15, 0.2) is 0 Å². The van der Waals surface area contributed by atoms with Gasteiger partial charge in [0.2, 0.25) is 0 Å². The van der Waals surface area contributed by atoms with E-state index >= 15 is 0 Å². The van der Waals surface area contributed by atoms with Crippen LogP contribution < -0.4 is 5.32 Å². The Morgan fingerprint density at radius 2 is 2.09 bits per heavy atom. The fraction of sp³-hybridized carbons (Fsp3) is 0.800. The molecule has 0 saturated carbocycles. The van der Waals surface area contributed by atoms with Crippen molar-refractivity contribution in [1.29, 1.82) is 0 Å². The van der Waals surface area contributed by atoms with E-state index in [-0.39, 0.29) is 0 Å². The first-order valence-corrected chi connectivity index (χ1v) is 4.54. The van der Waals surface area contributed by atoms with Crippen molar-refractivity contribution in [3.8, 4) is 0 Å². The number of hydrogen-bond donors (Lipinski definition) is 1. The van der Waals surface area contributed by atoms with Gasteiger partial charge in [0.05, 0.1) is 0 Å².